The van der Waals surface area contributed by atoms with Crippen LogP contribution in [0.15, 0.2) is 0 Å². The van der Waals surface area contributed by atoms with Gasteiger partial charge in [0.05, 0.1) is 14.2 Å². The summed E-state index contributed by atoms with van der Waals surface area (Å²) in [6, 6.07) is 0. The molecule has 0 aromatic heterocycles. The van der Waals surface area contributed by atoms with Crippen molar-refractivity contribution >= 4 is 24.3 Å². The maximum Gasteiger partial charge on any atom is 0.323 e. The Morgan fingerprint density at radius 3 is 1.80 bits per heavy atom. The van der Waals surface area contributed by atoms with Gasteiger partial charge in [-0.15, -0.1) is 12.4 Å². The zero-order valence-electron chi connectivity index (χ0n) is 8.87. The molecule has 0 aromatic carbocycles. The molecule has 1 N–H and O–H groups in total. The lowest BCUT2D eigenvalue weighted by molar-refractivity contribution is -0.171. The van der Waals surface area contributed by atoms with Gasteiger partial charge in [0.25, 0.3) is 0 Å². The molecule has 0 spiro atoms. The Kier molecular flexibility index (Phi) is 5.60. The second-order valence-corrected chi connectivity index (χ2v) is 3.32. The quantitative estimate of drug-likeness (QED) is 0.546. The van der Waals surface area contributed by atoms with Crippen LogP contribution in [0.4, 0.5) is 0 Å². The van der Waals surface area contributed by atoms with Gasteiger partial charge in [0, 0.05) is 0 Å². The van der Waals surface area contributed by atoms with Gasteiger partial charge in [-0.3, -0.25) is 9.59 Å². The van der Waals surface area contributed by atoms with Crippen LogP contribution in [0, 0.1) is 5.41 Å². The summed E-state index contributed by atoms with van der Waals surface area (Å²) < 4.78 is 9.30. The number of halogens is 1. The maximum absolute atomic E-state index is 11.5. The van der Waals surface area contributed by atoms with Crippen molar-refractivity contribution in [3.8, 4) is 0 Å². The van der Waals surface area contributed by atoms with Crippen LogP contribution >= 0.6 is 12.4 Å². The molecule has 1 rings (SSSR count). The third-order valence-corrected chi connectivity index (χ3v) is 2.61. The Morgan fingerprint density at radius 2 is 1.47 bits per heavy atom. The zero-order valence-corrected chi connectivity index (χ0v) is 9.69. The molecular weight excluding hydrogens is 222 g/mol. The van der Waals surface area contributed by atoms with E-state index in [0.717, 1.165) is 0 Å². The number of nitrogens with one attached hydrogen (secondary N) is 1. The molecule has 6 heteroatoms. The lowest BCUT2D eigenvalue weighted by Crippen LogP contribution is -2.48. The molecule has 0 unspecified atom stereocenters. The van der Waals surface area contributed by atoms with Gasteiger partial charge in [0.2, 0.25) is 0 Å². The molecule has 0 atom stereocenters. The Hall–Kier alpha value is -0.810. The number of carbonyl (C=O) groups excluding carboxylic acids is 2. The predicted molar refractivity (Wildman–Crippen MR) is 55.8 cm³/mol. The van der Waals surface area contributed by atoms with Crippen LogP contribution < -0.4 is 5.32 Å². The fourth-order valence-corrected chi connectivity index (χ4v) is 1.74. The molecule has 0 aromatic rings. The van der Waals surface area contributed by atoms with E-state index in [9.17, 15) is 9.59 Å². The van der Waals surface area contributed by atoms with Crippen LogP contribution in [-0.2, 0) is 19.1 Å². The number of hydrogen-bond acceptors (Lipinski definition) is 5. The molecule has 0 saturated carbocycles. The lowest BCUT2D eigenvalue weighted by Gasteiger charge is -2.31. The summed E-state index contributed by atoms with van der Waals surface area (Å²) >= 11 is 0. The van der Waals surface area contributed by atoms with E-state index in [1.165, 1.54) is 14.2 Å². The fraction of sp³-hybridized carbons (Fsp3) is 0.778. The molecule has 5 nitrogen and oxygen atoms in total. The van der Waals surface area contributed by atoms with Gasteiger partial charge in [-0.05, 0) is 25.9 Å². The zero-order chi connectivity index (χ0) is 10.6. The van der Waals surface area contributed by atoms with Crippen molar-refractivity contribution in [2.45, 2.75) is 12.8 Å². The van der Waals surface area contributed by atoms with Crippen molar-refractivity contribution in [3.63, 3.8) is 0 Å². The van der Waals surface area contributed by atoms with Gasteiger partial charge in [-0.2, -0.15) is 0 Å². The first-order chi connectivity index (χ1) is 6.67. The van der Waals surface area contributed by atoms with Crippen LogP contribution in [0.5, 0.6) is 0 Å². The van der Waals surface area contributed by atoms with Gasteiger partial charge < -0.3 is 14.8 Å². The Bertz CT molecular complexity index is 220. The molecule has 1 saturated heterocycles. The molecule has 0 aliphatic carbocycles. The lowest BCUT2D eigenvalue weighted by atomic mass is 9.79. The van der Waals surface area contributed by atoms with E-state index in [2.05, 4.69) is 14.8 Å². The number of carbonyl (C=O) groups is 2. The van der Waals surface area contributed by atoms with Crippen LogP contribution in [0.2, 0.25) is 0 Å². The first-order valence-electron chi connectivity index (χ1n) is 4.55. The van der Waals surface area contributed by atoms with Gasteiger partial charge in [0.15, 0.2) is 5.41 Å². The average Bonchev–Trinajstić information content (AvgIpc) is 2.27. The first kappa shape index (κ1) is 14.2. The monoisotopic (exact) mass is 237 g/mol. The molecule has 0 bridgehead atoms. The molecule has 1 aliphatic heterocycles. The molecule has 0 amide bonds. The number of hydrogen-bond donors (Lipinski definition) is 1. The van der Waals surface area contributed by atoms with Gasteiger partial charge in [-0.1, -0.05) is 0 Å². The van der Waals surface area contributed by atoms with Crippen molar-refractivity contribution in [2.75, 3.05) is 27.3 Å². The molecule has 1 fully saturated rings. The summed E-state index contributed by atoms with van der Waals surface area (Å²) in [4.78, 5) is 23.1. The number of esters is 2. The molecule has 0 radical (unpaired) electrons. The van der Waals surface area contributed by atoms with Crippen molar-refractivity contribution in [2.24, 2.45) is 5.41 Å². The van der Waals surface area contributed by atoms with E-state index < -0.39 is 17.4 Å². The minimum Gasteiger partial charge on any atom is -0.468 e. The maximum atomic E-state index is 11.5. The van der Waals surface area contributed by atoms with Gasteiger partial charge >= 0.3 is 11.9 Å². The smallest absolute Gasteiger partial charge is 0.323 e. The number of piperidine rings is 1. The number of rotatable bonds is 2. The van der Waals surface area contributed by atoms with E-state index >= 15 is 0 Å². The Labute approximate surface area is 94.9 Å². The summed E-state index contributed by atoms with van der Waals surface area (Å²) in [7, 11) is 2.57. The van der Waals surface area contributed by atoms with E-state index in [-0.39, 0.29) is 12.4 Å². The van der Waals surface area contributed by atoms with E-state index in [4.69, 9.17) is 0 Å². The molecule has 88 valence electrons. The van der Waals surface area contributed by atoms with E-state index in [0.29, 0.717) is 25.9 Å². The Balaban J connectivity index is 0.00000196. The van der Waals surface area contributed by atoms with E-state index in [1.807, 2.05) is 0 Å². The number of ether oxygens (including phenoxy) is 2. The van der Waals surface area contributed by atoms with E-state index in [1.54, 1.807) is 0 Å². The summed E-state index contributed by atoms with van der Waals surface area (Å²) in [5.41, 5.74) is -1.09. The second kappa shape index (κ2) is 5.92. The van der Waals surface area contributed by atoms with Crippen LogP contribution in [0.3, 0.4) is 0 Å². The first-order valence-corrected chi connectivity index (χ1v) is 4.55. The highest BCUT2D eigenvalue weighted by Gasteiger charge is 2.48. The summed E-state index contributed by atoms with van der Waals surface area (Å²) in [5, 5.41) is 3.08. The summed E-state index contributed by atoms with van der Waals surface area (Å²) in [5.74, 6) is -0.989. The van der Waals surface area contributed by atoms with Crippen molar-refractivity contribution in [1.29, 1.82) is 0 Å². The third kappa shape index (κ3) is 2.60. The minimum absolute atomic E-state index is 0. The normalized spacial score (nSPS) is 18.5. The minimum atomic E-state index is -1.09. The molecular formula is C9H16ClNO4. The van der Waals surface area contributed by atoms with Crippen molar-refractivity contribution in [1.82, 2.24) is 5.32 Å². The SMILES string of the molecule is COC(=O)C1(C(=O)OC)CCNCC1.Cl. The van der Waals surface area contributed by atoms with Crippen molar-refractivity contribution in [3.05, 3.63) is 0 Å². The molecule has 1 heterocycles. The standard InChI is InChI=1S/C9H15NO4.ClH/c1-13-7(11)9(8(12)14-2)3-5-10-6-4-9;/h10H,3-6H2,1-2H3;1H. The largest absolute Gasteiger partial charge is 0.468 e. The van der Waals surface area contributed by atoms with Crippen molar-refractivity contribution < 1.29 is 19.1 Å². The summed E-state index contributed by atoms with van der Waals surface area (Å²) in [6.07, 6.45) is 0.874. The molecule has 15 heavy (non-hydrogen) atoms. The fourth-order valence-electron chi connectivity index (χ4n) is 1.74. The number of methoxy groups -OCH3 is 2. The average molecular weight is 238 g/mol. The highest BCUT2D eigenvalue weighted by molar-refractivity contribution is 6.00. The highest BCUT2D eigenvalue weighted by Crippen LogP contribution is 2.31. The summed E-state index contributed by atoms with van der Waals surface area (Å²) in [6.45, 7) is 1.26. The van der Waals surface area contributed by atoms with Crippen LogP contribution in [-0.4, -0.2) is 39.2 Å². The topological polar surface area (TPSA) is 64.6 Å². The Morgan fingerprint density at radius 1 is 1.07 bits per heavy atom. The van der Waals surface area contributed by atoms with Gasteiger partial charge in [0.1, 0.15) is 0 Å². The third-order valence-electron chi connectivity index (χ3n) is 2.61. The second-order valence-electron chi connectivity index (χ2n) is 3.32. The predicted octanol–water partition coefficient (Wildman–Crippen LogP) is 0.124. The van der Waals surface area contributed by atoms with Crippen LogP contribution in [0.1, 0.15) is 12.8 Å². The highest BCUT2D eigenvalue weighted by atomic mass is 35.5. The van der Waals surface area contributed by atoms with Gasteiger partial charge in [-0.25, -0.2) is 0 Å². The van der Waals surface area contributed by atoms with Crippen LogP contribution in [0.25, 0.3) is 0 Å². The molecule has 1 aliphatic rings.